The number of hydrogen-bond donors (Lipinski definition) is 4. The van der Waals surface area contributed by atoms with E-state index in [4.69, 9.17) is 11.5 Å². The molecule has 0 saturated carbocycles. The van der Waals surface area contributed by atoms with Crippen molar-refractivity contribution in [2.24, 2.45) is 5.73 Å². The second-order valence-corrected chi connectivity index (χ2v) is 9.24. The van der Waals surface area contributed by atoms with Crippen LogP contribution in [-0.2, 0) is 0 Å². The Morgan fingerprint density at radius 2 is 1.92 bits per heavy atom. The van der Waals surface area contributed by atoms with Crippen LogP contribution in [0.5, 0.6) is 0 Å². The van der Waals surface area contributed by atoms with Crippen molar-refractivity contribution in [1.82, 2.24) is 15.3 Å². The molecule has 194 valence electrons. The molecule has 9 nitrogen and oxygen atoms in total. The van der Waals surface area contributed by atoms with E-state index in [-0.39, 0.29) is 34.7 Å². The Morgan fingerprint density at radius 1 is 1.14 bits per heavy atom. The lowest BCUT2D eigenvalue weighted by molar-refractivity contribution is 0.0938. The van der Waals surface area contributed by atoms with Crippen LogP contribution < -0.4 is 27.0 Å². The third-order valence-electron chi connectivity index (χ3n) is 6.00. The van der Waals surface area contributed by atoms with Crippen molar-refractivity contribution in [3.8, 4) is 11.3 Å². The summed E-state index contributed by atoms with van der Waals surface area (Å²) in [6.07, 6.45) is 4.96. The molecule has 0 bridgehead atoms. The highest BCUT2D eigenvalue weighted by Crippen LogP contribution is 2.30. The molecule has 0 radical (unpaired) electrons. The summed E-state index contributed by atoms with van der Waals surface area (Å²) in [7, 11) is 0. The average Bonchev–Trinajstić information content (AvgIpc) is 2.84. The molecule has 3 aromatic rings. The zero-order valence-electron chi connectivity index (χ0n) is 20.6. The van der Waals surface area contributed by atoms with Gasteiger partial charge < -0.3 is 27.0 Å². The molecular formula is C26H29F2N7O2. The highest BCUT2D eigenvalue weighted by atomic mass is 19.1. The van der Waals surface area contributed by atoms with Gasteiger partial charge >= 0.3 is 0 Å². The first-order valence-corrected chi connectivity index (χ1v) is 12.0. The summed E-state index contributed by atoms with van der Waals surface area (Å²) in [5.41, 5.74) is 12.0. The molecule has 0 unspecified atom stereocenters. The van der Waals surface area contributed by atoms with Gasteiger partial charge in [-0.15, -0.1) is 0 Å². The minimum Gasteiger partial charge on any atom is -0.397 e. The first-order valence-electron chi connectivity index (χ1n) is 12.0. The molecule has 1 aliphatic heterocycles. The Kier molecular flexibility index (Phi) is 7.63. The number of nitrogens with two attached hydrogens (primary N) is 2. The van der Waals surface area contributed by atoms with Crippen LogP contribution in [0.2, 0.25) is 0 Å². The monoisotopic (exact) mass is 509 g/mol. The van der Waals surface area contributed by atoms with Gasteiger partial charge in [0.2, 0.25) is 0 Å². The lowest BCUT2D eigenvalue weighted by Gasteiger charge is -2.33. The van der Waals surface area contributed by atoms with Gasteiger partial charge in [-0.25, -0.2) is 13.8 Å². The Hall–Kier alpha value is -4.12. The summed E-state index contributed by atoms with van der Waals surface area (Å²) < 4.78 is 30.0. The Bertz CT molecular complexity index is 1330. The van der Waals surface area contributed by atoms with E-state index in [1.807, 2.05) is 0 Å². The second kappa shape index (κ2) is 10.9. The van der Waals surface area contributed by atoms with Crippen molar-refractivity contribution in [2.75, 3.05) is 29.0 Å². The van der Waals surface area contributed by atoms with Gasteiger partial charge in [0, 0.05) is 31.4 Å². The maximum absolute atomic E-state index is 15.3. The molecule has 1 aromatic carbocycles. The first-order chi connectivity index (χ1) is 17.7. The number of halogens is 2. The molecule has 0 spiro atoms. The van der Waals surface area contributed by atoms with Crippen LogP contribution in [0.4, 0.5) is 25.8 Å². The van der Waals surface area contributed by atoms with Gasteiger partial charge in [-0.3, -0.25) is 14.6 Å². The molecule has 1 fully saturated rings. The summed E-state index contributed by atoms with van der Waals surface area (Å²) in [4.78, 5) is 35.9. The number of pyridine rings is 2. The van der Waals surface area contributed by atoms with Crippen LogP contribution >= 0.6 is 0 Å². The van der Waals surface area contributed by atoms with Crippen LogP contribution in [-0.4, -0.2) is 47.0 Å². The fourth-order valence-electron chi connectivity index (χ4n) is 4.26. The number of nitrogen functional groups attached to an aromatic ring is 1. The minimum atomic E-state index is -1.09. The summed E-state index contributed by atoms with van der Waals surface area (Å²) in [6, 6.07) is 6.22. The number of nitrogens with one attached hydrogen (secondary N) is 2. The van der Waals surface area contributed by atoms with E-state index in [1.165, 1.54) is 18.3 Å². The van der Waals surface area contributed by atoms with Crippen molar-refractivity contribution < 1.29 is 18.4 Å². The number of anilines is 3. The maximum Gasteiger partial charge on any atom is 0.276 e. The number of carbonyl (C=O) groups excluding carboxylic acids is 2. The van der Waals surface area contributed by atoms with E-state index < -0.39 is 29.0 Å². The predicted octanol–water partition coefficient (Wildman–Crippen LogP) is 3.32. The van der Waals surface area contributed by atoms with E-state index in [2.05, 4.69) is 25.5 Å². The number of rotatable bonds is 6. The minimum absolute atomic E-state index is 0.0150. The van der Waals surface area contributed by atoms with Gasteiger partial charge in [-0.1, -0.05) is 0 Å². The highest BCUT2D eigenvalue weighted by molar-refractivity contribution is 6.08. The quantitative estimate of drug-likeness (QED) is 0.400. The van der Waals surface area contributed by atoms with Gasteiger partial charge in [0.15, 0.2) is 5.69 Å². The molecule has 4 rings (SSSR count). The van der Waals surface area contributed by atoms with Crippen molar-refractivity contribution >= 4 is 28.9 Å². The Labute approximate surface area is 213 Å². The largest absolute Gasteiger partial charge is 0.397 e. The average molecular weight is 510 g/mol. The van der Waals surface area contributed by atoms with Crippen LogP contribution in [0.3, 0.4) is 0 Å². The van der Waals surface area contributed by atoms with E-state index in [9.17, 15) is 14.0 Å². The molecule has 2 amide bonds. The van der Waals surface area contributed by atoms with Gasteiger partial charge in [0.05, 0.1) is 40.1 Å². The van der Waals surface area contributed by atoms with Crippen LogP contribution in [0.25, 0.3) is 11.3 Å². The molecule has 1 saturated heterocycles. The number of benzene rings is 1. The number of nitrogens with zero attached hydrogens (tertiary/aromatic N) is 3. The van der Waals surface area contributed by atoms with E-state index in [1.54, 1.807) is 26.1 Å². The summed E-state index contributed by atoms with van der Waals surface area (Å²) in [5, 5.41) is 5.34. The van der Waals surface area contributed by atoms with E-state index >= 15 is 4.39 Å². The molecule has 37 heavy (non-hydrogen) atoms. The fraction of sp³-hybridized carbons (Fsp3) is 0.308. The highest BCUT2D eigenvalue weighted by Gasteiger charge is 2.24. The van der Waals surface area contributed by atoms with Crippen LogP contribution in [0.15, 0.2) is 42.7 Å². The smallest absolute Gasteiger partial charge is 0.276 e. The van der Waals surface area contributed by atoms with Crippen molar-refractivity contribution in [1.29, 1.82) is 0 Å². The van der Waals surface area contributed by atoms with E-state index in [0.717, 1.165) is 37.2 Å². The normalized spacial score (nSPS) is 15.5. The number of hydrogen-bond acceptors (Lipinski definition) is 7. The molecule has 2 aromatic heterocycles. The summed E-state index contributed by atoms with van der Waals surface area (Å²) in [5.74, 6) is -3.39. The van der Waals surface area contributed by atoms with Crippen molar-refractivity contribution in [2.45, 2.75) is 38.8 Å². The van der Waals surface area contributed by atoms with Crippen molar-refractivity contribution in [3.05, 3.63) is 65.6 Å². The summed E-state index contributed by atoms with van der Waals surface area (Å²) >= 11 is 0. The molecule has 3 heterocycles. The zero-order chi connectivity index (χ0) is 26.7. The molecular weight excluding hydrogens is 480 g/mol. The van der Waals surface area contributed by atoms with Crippen molar-refractivity contribution in [3.63, 3.8) is 0 Å². The molecule has 1 atom stereocenters. The first kappa shape index (κ1) is 26.0. The Balaban J connectivity index is 1.66. The van der Waals surface area contributed by atoms with Gasteiger partial charge in [0.25, 0.3) is 11.8 Å². The lowest BCUT2D eigenvalue weighted by atomic mass is 10.0. The molecule has 11 heteroatoms. The topological polar surface area (TPSA) is 139 Å². The third kappa shape index (κ3) is 5.67. The Morgan fingerprint density at radius 3 is 2.65 bits per heavy atom. The maximum atomic E-state index is 15.3. The van der Waals surface area contributed by atoms with Gasteiger partial charge in [-0.2, -0.15) is 0 Å². The van der Waals surface area contributed by atoms with Gasteiger partial charge in [-0.05, 0) is 57.0 Å². The number of aromatic nitrogens is 2. The number of amides is 2. The number of piperidine rings is 1. The molecule has 1 aliphatic rings. The van der Waals surface area contributed by atoms with Gasteiger partial charge in [0.1, 0.15) is 11.6 Å². The third-order valence-corrected chi connectivity index (χ3v) is 6.00. The zero-order valence-corrected chi connectivity index (χ0v) is 20.6. The van der Waals surface area contributed by atoms with Crippen LogP contribution in [0.1, 0.15) is 47.5 Å². The van der Waals surface area contributed by atoms with Crippen LogP contribution in [0, 0.1) is 11.6 Å². The fourth-order valence-corrected chi connectivity index (χ4v) is 4.26. The number of carbonyl (C=O) groups is 2. The predicted molar refractivity (Wildman–Crippen MR) is 138 cm³/mol. The standard InChI is InChI=1S/C26H29F2N7O2/c1-14(2)32-25(36)16-5-6-17(27)22(23(16)28)19-8-7-18(30)24(33-19)26(37)34-20-12-31-10-9-21(20)35-11-3-4-15(29)13-35/h5-10,12,14-15H,3-4,11,13,29-30H2,1-2H3,(H,32,36)(H,34,37)/t15-/m0/s1. The summed E-state index contributed by atoms with van der Waals surface area (Å²) in [6.45, 7) is 4.84. The molecule has 0 aliphatic carbocycles. The van der Waals surface area contributed by atoms with E-state index in [0.29, 0.717) is 12.2 Å². The SMILES string of the molecule is CC(C)NC(=O)c1ccc(F)c(-c2ccc(N)c(C(=O)Nc3cnccc3N3CCC[C@H](N)C3)n2)c1F. The second-order valence-electron chi connectivity index (χ2n) is 9.24. The lowest BCUT2D eigenvalue weighted by Crippen LogP contribution is -2.43. The molecule has 6 N–H and O–H groups in total.